The number of carbonyl (C=O) groups is 2. The molecule has 0 bridgehead atoms. The van der Waals surface area contributed by atoms with E-state index in [-0.39, 0.29) is 11.8 Å². The molecule has 3 rings (SSSR count). The van der Waals surface area contributed by atoms with Gasteiger partial charge in [0.2, 0.25) is 5.91 Å². The Balaban J connectivity index is 1.76. The van der Waals surface area contributed by atoms with Gasteiger partial charge in [0.1, 0.15) is 0 Å². The van der Waals surface area contributed by atoms with Crippen LogP contribution in [-0.2, 0) is 14.3 Å². The summed E-state index contributed by atoms with van der Waals surface area (Å²) in [6, 6.07) is 15.5. The predicted molar refractivity (Wildman–Crippen MR) is 114 cm³/mol. The minimum absolute atomic E-state index is 0.120. The minimum atomic E-state index is -0.467. The van der Waals surface area contributed by atoms with Crippen LogP contribution in [0, 0.1) is 0 Å². The van der Waals surface area contributed by atoms with Gasteiger partial charge in [-0.1, -0.05) is 37.3 Å². The molecule has 2 aromatic rings. The van der Waals surface area contributed by atoms with Gasteiger partial charge in [0.25, 0.3) is 0 Å². The van der Waals surface area contributed by atoms with E-state index in [1.54, 1.807) is 12.1 Å². The fraction of sp³-hybridized carbons (Fsp3) is 0.391. The second kappa shape index (κ2) is 10.1. The van der Waals surface area contributed by atoms with Gasteiger partial charge in [0.05, 0.1) is 31.6 Å². The molecule has 0 radical (unpaired) electrons. The SMILES string of the molecule is CCC(CC(=O)Nc1ccc(N2CCOCC2)cc1C(=O)OC)c1ccccc1. The molecule has 1 N–H and O–H groups in total. The standard InChI is InChI=1S/C23H28N2O4/c1-3-17(18-7-5-4-6-8-18)15-22(26)24-21-10-9-19(16-20(21)23(27)28-2)25-11-13-29-14-12-25/h4-10,16-17H,3,11-15H2,1-2H3,(H,24,26). The van der Waals surface area contributed by atoms with E-state index >= 15 is 0 Å². The van der Waals surface area contributed by atoms with E-state index in [2.05, 4.69) is 17.1 Å². The molecule has 1 amide bonds. The molecule has 0 aliphatic carbocycles. The molecule has 1 saturated heterocycles. The summed E-state index contributed by atoms with van der Waals surface area (Å²) in [6.45, 7) is 4.92. The van der Waals surface area contributed by atoms with Crippen LogP contribution < -0.4 is 10.2 Å². The first-order valence-electron chi connectivity index (χ1n) is 10.0. The van der Waals surface area contributed by atoms with Crippen LogP contribution in [0.25, 0.3) is 0 Å². The van der Waals surface area contributed by atoms with Crippen molar-refractivity contribution in [1.82, 2.24) is 0 Å². The summed E-state index contributed by atoms with van der Waals surface area (Å²) in [5, 5.41) is 2.91. The zero-order valence-electron chi connectivity index (χ0n) is 17.0. The highest BCUT2D eigenvalue weighted by molar-refractivity contribution is 6.02. The maximum atomic E-state index is 12.7. The van der Waals surface area contributed by atoms with Crippen LogP contribution in [-0.4, -0.2) is 45.3 Å². The van der Waals surface area contributed by atoms with Crippen molar-refractivity contribution < 1.29 is 19.1 Å². The highest BCUT2D eigenvalue weighted by atomic mass is 16.5. The molecule has 1 aliphatic rings. The molecule has 0 saturated carbocycles. The number of ether oxygens (including phenoxy) is 2. The molecular formula is C23H28N2O4. The smallest absolute Gasteiger partial charge is 0.340 e. The zero-order chi connectivity index (χ0) is 20.6. The average Bonchev–Trinajstić information content (AvgIpc) is 2.78. The number of morpholine rings is 1. The molecule has 1 aliphatic heterocycles. The summed E-state index contributed by atoms with van der Waals surface area (Å²) in [7, 11) is 1.35. The Kier molecular flexibility index (Phi) is 7.25. The van der Waals surface area contributed by atoms with Crippen molar-refractivity contribution in [2.24, 2.45) is 0 Å². The molecule has 6 heteroatoms. The van der Waals surface area contributed by atoms with Crippen LogP contribution >= 0.6 is 0 Å². The van der Waals surface area contributed by atoms with Gasteiger partial charge >= 0.3 is 5.97 Å². The number of nitrogens with one attached hydrogen (secondary N) is 1. The topological polar surface area (TPSA) is 67.9 Å². The van der Waals surface area contributed by atoms with E-state index < -0.39 is 5.97 Å². The van der Waals surface area contributed by atoms with Crippen LogP contribution in [0.4, 0.5) is 11.4 Å². The Bertz CT molecular complexity index is 832. The molecule has 6 nitrogen and oxygen atoms in total. The number of anilines is 2. The lowest BCUT2D eigenvalue weighted by Gasteiger charge is -2.29. The second-order valence-electron chi connectivity index (χ2n) is 7.09. The third kappa shape index (κ3) is 5.35. The van der Waals surface area contributed by atoms with Gasteiger partial charge in [-0.3, -0.25) is 4.79 Å². The van der Waals surface area contributed by atoms with Gasteiger partial charge in [0.15, 0.2) is 0 Å². The third-order valence-electron chi connectivity index (χ3n) is 5.25. The molecule has 1 unspecified atom stereocenters. The quantitative estimate of drug-likeness (QED) is 0.721. The van der Waals surface area contributed by atoms with Crippen LogP contribution in [0.1, 0.15) is 41.6 Å². The van der Waals surface area contributed by atoms with Crippen molar-refractivity contribution in [1.29, 1.82) is 0 Å². The Morgan fingerprint density at radius 3 is 2.52 bits per heavy atom. The lowest BCUT2D eigenvalue weighted by molar-refractivity contribution is -0.116. The highest BCUT2D eigenvalue weighted by Crippen LogP contribution is 2.27. The molecule has 1 fully saturated rings. The molecule has 0 aromatic heterocycles. The number of amides is 1. The van der Waals surface area contributed by atoms with Gasteiger partial charge in [-0.25, -0.2) is 4.79 Å². The lowest BCUT2D eigenvalue weighted by atomic mass is 9.93. The number of hydrogen-bond acceptors (Lipinski definition) is 5. The maximum absolute atomic E-state index is 12.7. The second-order valence-corrected chi connectivity index (χ2v) is 7.09. The summed E-state index contributed by atoms with van der Waals surface area (Å²) in [6.07, 6.45) is 1.21. The normalized spacial score (nSPS) is 14.9. The monoisotopic (exact) mass is 396 g/mol. The number of carbonyl (C=O) groups excluding carboxylic acids is 2. The van der Waals surface area contributed by atoms with E-state index in [0.29, 0.717) is 30.9 Å². The number of methoxy groups -OCH3 is 1. The van der Waals surface area contributed by atoms with Crippen molar-refractivity contribution in [3.8, 4) is 0 Å². The molecule has 1 heterocycles. The Morgan fingerprint density at radius 1 is 1.14 bits per heavy atom. The van der Waals surface area contributed by atoms with Crippen molar-refractivity contribution in [2.45, 2.75) is 25.7 Å². The molecule has 1 atom stereocenters. The van der Waals surface area contributed by atoms with Crippen molar-refractivity contribution in [3.63, 3.8) is 0 Å². The van der Waals surface area contributed by atoms with Gasteiger partial charge in [-0.05, 0) is 36.1 Å². The van der Waals surface area contributed by atoms with E-state index in [9.17, 15) is 9.59 Å². The Hall–Kier alpha value is -2.86. The molecule has 154 valence electrons. The third-order valence-corrected chi connectivity index (χ3v) is 5.25. The lowest BCUT2D eigenvalue weighted by Crippen LogP contribution is -2.36. The molecular weight excluding hydrogens is 368 g/mol. The molecule has 0 spiro atoms. The molecule has 2 aromatic carbocycles. The zero-order valence-corrected chi connectivity index (χ0v) is 17.0. The largest absolute Gasteiger partial charge is 0.465 e. The van der Waals surface area contributed by atoms with Crippen LogP contribution in [0.5, 0.6) is 0 Å². The Morgan fingerprint density at radius 2 is 1.86 bits per heavy atom. The number of nitrogens with zero attached hydrogens (tertiary/aromatic N) is 1. The minimum Gasteiger partial charge on any atom is -0.465 e. The summed E-state index contributed by atoms with van der Waals surface area (Å²) in [4.78, 5) is 27.2. The number of esters is 1. The molecule has 29 heavy (non-hydrogen) atoms. The van der Waals surface area contributed by atoms with Crippen LogP contribution in [0.3, 0.4) is 0 Å². The highest BCUT2D eigenvalue weighted by Gasteiger charge is 2.20. The number of rotatable bonds is 7. The average molecular weight is 396 g/mol. The summed E-state index contributed by atoms with van der Waals surface area (Å²) >= 11 is 0. The van der Waals surface area contributed by atoms with E-state index in [1.165, 1.54) is 7.11 Å². The fourth-order valence-electron chi connectivity index (χ4n) is 3.59. The first-order valence-corrected chi connectivity index (χ1v) is 10.0. The van der Waals surface area contributed by atoms with E-state index in [4.69, 9.17) is 9.47 Å². The first kappa shape index (κ1) is 20.9. The summed E-state index contributed by atoms with van der Waals surface area (Å²) < 4.78 is 10.3. The first-order chi connectivity index (χ1) is 14.1. The Labute approximate surface area is 171 Å². The van der Waals surface area contributed by atoms with Crippen molar-refractivity contribution in [2.75, 3.05) is 43.6 Å². The summed E-state index contributed by atoms with van der Waals surface area (Å²) in [5.74, 6) is -0.458. The van der Waals surface area contributed by atoms with Gasteiger partial charge in [-0.2, -0.15) is 0 Å². The van der Waals surface area contributed by atoms with Gasteiger partial charge in [0, 0.05) is 25.2 Å². The van der Waals surface area contributed by atoms with Crippen molar-refractivity contribution in [3.05, 3.63) is 59.7 Å². The predicted octanol–water partition coefficient (Wildman–Crippen LogP) is 3.83. The number of hydrogen-bond donors (Lipinski definition) is 1. The number of benzene rings is 2. The summed E-state index contributed by atoms with van der Waals surface area (Å²) in [5.41, 5.74) is 2.89. The van der Waals surface area contributed by atoms with Crippen LogP contribution in [0.2, 0.25) is 0 Å². The van der Waals surface area contributed by atoms with Crippen LogP contribution in [0.15, 0.2) is 48.5 Å². The maximum Gasteiger partial charge on any atom is 0.340 e. The van der Waals surface area contributed by atoms with E-state index in [0.717, 1.165) is 30.8 Å². The van der Waals surface area contributed by atoms with Crippen molar-refractivity contribution >= 4 is 23.3 Å². The van der Waals surface area contributed by atoms with Gasteiger partial charge in [-0.15, -0.1) is 0 Å². The fourth-order valence-corrected chi connectivity index (χ4v) is 3.59. The van der Waals surface area contributed by atoms with Gasteiger partial charge < -0.3 is 19.7 Å². The van der Waals surface area contributed by atoms with E-state index in [1.807, 2.05) is 36.4 Å².